The average molecular weight is 975 g/mol. The normalized spacial score (nSPS) is 16.4. The zero-order valence-electron chi connectivity index (χ0n) is 41.8. The molecule has 0 N–H and O–H groups in total. The van der Waals surface area contributed by atoms with E-state index in [9.17, 15) is 4.79 Å². The van der Waals surface area contributed by atoms with Crippen LogP contribution < -0.4 is 14.2 Å². The van der Waals surface area contributed by atoms with Gasteiger partial charge in [0.1, 0.15) is 47.0 Å². The molecule has 1 aliphatic carbocycles. The van der Waals surface area contributed by atoms with Crippen LogP contribution in [0.3, 0.4) is 0 Å². The summed E-state index contributed by atoms with van der Waals surface area (Å²) in [6.45, 7) is 9.59. The maximum Gasteiger partial charge on any atom is 0.410 e. The van der Waals surface area contributed by atoms with Crippen LogP contribution in [0, 0.1) is 25.1 Å². The Morgan fingerprint density at radius 1 is 0.781 bits per heavy atom. The van der Waals surface area contributed by atoms with E-state index in [1.807, 2.05) is 117 Å². The van der Waals surface area contributed by atoms with Crippen molar-refractivity contribution < 1.29 is 32.9 Å². The number of ether oxygens (including phenoxy) is 5. The minimum Gasteiger partial charge on any atom is -0.488 e. The maximum absolute atomic E-state index is 17.2. The molecular weight excluding hydrogens is 916 g/mol. The number of carbonyl (C=O) groups is 1. The number of benzene rings is 6. The Labute approximate surface area is 426 Å². The Hall–Kier alpha value is -7.68. The highest BCUT2D eigenvalue weighted by molar-refractivity contribution is 6.05. The van der Waals surface area contributed by atoms with E-state index in [4.69, 9.17) is 40.2 Å². The van der Waals surface area contributed by atoms with E-state index in [0.29, 0.717) is 85.1 Å². The number of amides is 1. The van der Waals surface area contributed by atoms with Crippen LogP contribution >= 0.6 is 0 Å². The number of rotatable bonds is 13. The second-order valence-corrected chi connectivity index (χ2v) is 20.5. The Bertz CT molecular complexity index is 3240. The van der Waals surface area contributed by atoms with Gasteiger partial charge in [-0.15, -0.1) is 6.42 Å². The number of fused-ring (bicyclic) bond motifs is 2. The van der Waals surface area contributed by atoms with Crippen molar-refractivity contribution in [2.24, 2.45) is 0 Å². The molecule has 0 bridgehead atoms. The first-order valence-corrected chi connectivity index (χ1v) is 25.4. The highest BCUT2D eigenvalue weighted by atomic mass is 19.1. The Balaban J connectivity index is 1.15. The molecule has 0 unspecified atom stereocenters. The molecule has 2 aromatic heterocycles. The molecule has 73 heavy (non-hydrogen) atoms. The third-order valence-electron chi connectivity index (χ3n) is 14.3. The Kier molecular flexibility index (Phi) is 12.9. The summed E-state index contributed by atoms with van der Waals surface area (Å²) in [4.78, 5) is 20.3. The van der Waals surface area contributed by atoms with E-state index in [1.54, 1.807) is 11.0 Å². The lowest BCUT2D eigenvalue weighted by Gasteiger charge is -2.36. The van der Waals surface area contributed by atoms with Crippen molar-refractivity contribution in [1.29, 1.82) is 0 Å². The monoisotopic (exact) mass is 974 g/mol. The lowest BCUT2D eigenvalue weighted by molar-refractivity contribution is 0.0234. The van der Waals surface area contributed by atoms with E-state index in [1.165, 1.54) is 0 Å². The first-order chi connectivity index (χ1) is 35.5. The largest absolute Gasteiger partial charge is 0.488 e. The molecule has 11 rings (SSSR count). The van der Waals surface area contributed by atoms with Crippen molar-refractivity contribution in [2.45, 2.75) is 95.7 Å². The molecule has 1 amide bonds. The minimum absolute atomic E-state index is 0.139. The number of hydrogen-bond acceptors (Lipinski definition) is 8. The van der Waals surface area contributed by atoms with Gasteiger partial charge < -0.3 is 28.6 Å². The molecule has 370 valence electrons. The number of aromatic nitrogens is 3. The third kappa shape index (κ3) is 9.48. The Morgan fingerprint density at radius 2 is 1.42 bits per heavy atom. The van der Waals surface area contributed by atoms with Gasteiger partial charge in [-0.25, -0.2) is 14.2 Å². The summed E-state index contributed by atoms with van der Waals surface area (Å²) in [6.07, 6.45) is 10.9. The maximum atomic E-state index is 17.2. The van der Waals surface area contributed by atoms with E-state index in [0.717, 1.165) is 62.6 Å². The van der Waals surface area contributed by atoms with Crippen LogP contribution in [-0.2, 0) is 21.6 Å². The number of halogens is 1. The highest BCUT2D eigenvalue weighted by Crippen LogP contribution is 2.54. The first-order valence-electron chi connectivity index (χ1n) is 25.4. The van der Waals surface area contributed by atoms with Gasteiger partial charge in [-0.3, -0.25) is 4.68 Å². The van der Waals surface area contributed by atoms with E-state index in [2.05, 4.69) is 54.6 Å². The number of hydrogen-bond donors (Lipinski definition) is 0. The summed E-state index contributed by atoms with van der Waals surface area (Å²) < 4.78 is 51.6. The fourth-order valence-corrected chi connectivity index (χ4v) is 10.6. The van der Waals surface area contributed by atoms with Gasteiger partial charge in [0.2, 0.25) is 5.88 Å². The van der Waals surface area contributed by atoms with Gasteiger partial charge in [-0.1, -0.05) is 109 Å². The fraction of sp³-hybridized carbons (Fsp3) is 0.306. The summed E-state index contributed by atoms with van der Waals surface area (Å²) in [5, 5.41) is 6.89. The van der Waals surface area contributed by atoms with Crippen LogP contribution in [0.25, 0.3) is 32.9 Å². The van der Waals surface area contributed by atoms with Gasteiger partial charge in [0.15, 0.2) is 5.75 Å². The van der Waals surface area contributed by atoms with E-state index >= 15 is 4.39 Å². The molecule has 10 nitrogen and oxygen atoms in total. The second-order valence-electron chi connectivity index (χ2n) is 20.5. The van der Waals surface area contributed by atoms with Crippen LogP contribution in [0.4, 0.5) is 9.18 Å². The topological polar surface area (TPSA) is 97.2 Å². The number of pyridine rings is 1. The fourth-order valence-electron chi connectivity index (χ4n) is 10.6. The molecule has 1 atom stereocenters. The number of likely N-dealkylation sites (tertiary alicyclic amines) is 1. The van der Waals surface area contributed by atoms with Gasteiger partial charge in [0.25, 0.3) is 0 Å². The molecule has 6 aromatic carbocycles. The lowest BCUT2D eigenvalue weighted by Crippen LogP contribution is -2.38. The SMILES string of the molecule is C#Cc1ccc(COc2c(-c3c(C)c(F)cc4nn(C(c5ccccc5)(c5ccccc5)c5ccccc5)cc34)c(C3CC3)cc3c(O[C@H]4CCN(C(=O)OC(C)(C)C)C4)cc(OC4CCOCC4)nc23)cc1. The standard InChI is InChI=1S/C62H59FN4O6/c1-6-41-22-24-42(25-23-41)39-70-59-57(56-40(2)52(63)35-53-51(56)38-67(65-53)62(44-16-10-7-11-17-44,45-18-12-8-13-19-45)46-20-14-9-15-21-46)49(43-26-27-43)34-50-54(36-55(64-58(50)59)72-47-29-32-69-33-30-47)71-48-28-31-66(37-48)60(68)73-61(3,4)5/h1,7-25,34-36,38,43,47-48H,26-33,37,39H2,2-5H3/t48-/m0/s1. The van der Waals surface area contributed by atoms with Crippen molar-refractivity contribution in [3.63, 3.8) is 0 Å². The number of terminal acetylenes is 1. The summed E-state index contributed by atoms with van der Waals surface area (Å²) in [5.74, 6) is 3.88. The molecule has 4 heterocycles. The molecule has 2 saturated heterocycles. The summed E-state index contributed by atoms with van der Waals surface area (Å²) in [5.41, 5.74) is 6.93. The Morgan fingerprint density at radius 3 is 2.03 bits per heavy atom. The van der Waals surface area contributed by atoms with Crippen molar-refractivity contribution in [3.8, 4) is 40.8 Å². The third-order valence-corrected chi connectivity index (χ3v) is 14.3. The van der Waals surface area contributed by atoms with Gasteiger partial charge in [-0.2, -0.15) is 5.10 Å². The minimum atomic E-state index is -0.958. The van der Waals surface area contributed by atoms with Crippen molar-refractivity contribution in [1.82, 2.24) is 19.7 Å². The molecule has 8 aromatic rings. The van der Waals surface area contributed by atoms with Crippen LogP contribution in [0.2, 0.25) is 0 Å². The van der Waals surface area contributed by atoms with Crippen LogP contribution in [-0.4, -0.2) is 69.9 Å². The molecular formula is C62H59FN4O6. The van der Waals surface area contributed by atoms with Gasteiger partial charge >= 0.3 is 6.09 Å². The second kappa shape index (κ2) is 19.7. The highest BCUT2D eigenvalue weighted by Gasteiger charge is 2.41. The predicted molar refractivity (Wildman–Crippen MR) is 282 cm³/mol. The van der Waals surface area contributed by atoms with Gasteiger partial charge in [0, 0.05) is 71.6 Å². The molecule has 3 fully saturated rings. The first kappa shape index (κ1) is 47.6. The lowest BCUT2D eigenvalue weighted by atomic mass is 9.77. The van der Waals surface area contributed by atoms with Crippen molar-refractivity contribution in [3.05, 3.63) is 184 Å². The zero-order valence-corrected chi connectivity index (χ0v) is 41.8. The molecule has 11 heteroatoms. The van der Waals surface area contributed by atoms with E-state index in [-0.39, 0.29) is 36.6 Å². The smallest absolute Gasteiger partial charge is 0.410 e. The van der Waals surface area contributed by atoms with Crippen LogP contribution in [0.5, 0.6) is 17.4 Å². The van der Waals surface area contributed by atoms with E-state index < -0.39 is 11.1 Å². The molecule has 1 saturated carbocycles. The molecule has 2 aliphatic heterocycles. The van der Waals surface area contributed by atoms with Gasteiger partial charge in [0.05, 0.1) is 25.3 Å². The van der Waals surface area contributed by atoms with Crippen LogP contribution in [0.15, 0.2) is 140 Å². The average Bonchev–Trinajstić information content (AvgIpc) is 4.00. The van der Waals surface area contributed by atoms with Crippen molar-refractivity contribution in [2.75, 3.05) is 26.3 Å². The summed E-state index contributed by atoms with van der Waals surface area (Å²) in [6, 6.07) is 44.4. The number of carbonyl (C=O) groups excluding carboxylic acids is 1. The summed E-state index contributed by atoms with van der Waals surface area (Å²) in [7, 11) is 0. The number of nitrogens with zero attached hydrogens (tertiary/aromatic N) is 4. The quantitative estimate of drug-likeness (QED) is 0.0832. The zero-order chi connectivity index (χ0) is 50.3. The molecule has 0 radical (unpaired) electrons. The summed E-state index contributed by atoms with van der Waals surface area (Å²) >= 11 is 0. The predicted octanol–water partition coefficient (Wildman–Crippen LogP) is 12.9. The van der Waals surface area contributed by atoms with Gasteiger partial charge in [-0.05, 0) is 98.0 Å². The molecule has 3 aliphatic rings. The van der Waals surface area contributed by atoms with Crippen molar-refractivity contribution >= 4 is 27.9 Å². The molecule has 0 spiro atoms. The van der Waals surface area contributed by atoms with Crippen LogP contribution in [0.1, 0.15) is 97.7 Å².